The van der Waals surface area contributed by atoms with E-state index in [-0.39, 0.29) is 19.0 Å². The van der Waals surface area contributed by atoms with Crippen molar-refractivity contribution in [3.05, 3.63) is 23.3 Å². The zero-order valence-electron chi connectivity index (χ0n) is 10.6. The Kier molecular flexibility index (Phi) is 3.79. The van der Waals surface area contributed by atoms with Gasteiger partial charge in [0.1, 0.15) is 13.2 Å². The van der Waals surface area contributed by atoms with Gasteiger partial charge in [0.2, 0.25) is 0 Å². The molecule has 1 fully saturated rings. The van der Waals surface area contributed by atoms with Crippen LogP contribution in [-0.2, 0) is 14.3 Å². The first kappa shape index (κ1) is 12.5. The molecule has 0 aromatic rings. The van der Waals surface area contributed by atoms with Gasteiger partial charge in [-0.15, -0.1) is 0 Å². The van der Waals surface area contributed by atoms with Crippen molar-refractivity contribution in [2.75, 3.05) is 13.2 Å². The Morgan fingerprint density at radius 2 is 2.00 bits per heavy atom. The van der Waals surface area contributed by atoms with E-state index in [0.29, 0.717) is 0 Å². The second kappa shape index (κ2) is 5.15. The minimum Gasteiger partial charge on any atom is -0.338 e. The van der Waals surface area contributed by atoms with Gasteiger partial charge in [-0.2, -0.15) is 0 Å². The fourth-order valence-electron chi connectivity index (χ4n) is 2.47. The summed E-state index contributed by atoms with van der Waals surface area (Å²) in [5, 5.41) is 0. The molecular weight excluding hydrogens is 216 g/mol. The number of hydrogen-bond donors (Lipinski definition) is 0. The summed E-state index contributed by atoms with van der Waals surface area (Å²) >= 11 is 0. The maximum absolute atomic E-state index is 11.2. The summed E-state index contributed by atoms with van der Waals surface area (Å²) in [6.45, 7) is 4.63. The van der Waals surface area contributed by atoms with Gasteiger partial charge in [0.15, 0.2) is 11.6 Å². The minimum atomic E-state index is -0.601. The molecule has 3 nitrogen and oxygen atoms in total. The lowest BCUT2D eigenvalue weighted by molar-refractivity contribution is -0.233. The highest BCUT2D eigenvalue weighted by Gasteiger charge is 2.44. The largest absolute Gasteiger partial charge is 0.338 e. The van der Waals surface area contributed by atoms with Gasteiger partial charge in [0.05, 0.1) is 0 Å². The van der Waals surface area contributed by atoms with Crippen LogP contribution in [0.3, 0.4) is 0 Å². The van der Waals surface area contributed by atoms with Gasteiger partial charge in [0, 0.05) is 6.42 Å². The van der Waals surface area contributed by atoms with Crippen LogP contribution in [0, 0.1) is 0 Å². The number of Topliss-reactive ketones (excluding diaryl/α,β-unsaturated/α-hetero) is 1. The molecule has 0 aromatic carbocycles. The molecule has 1 aliphatic carbocycles. The van der Waals surface area contributed by atoms with Gasteiger partial charge in [-0.25, -0.2) is 0 Å². The molecule has 0 amide bonds. The molecule has 0 N–H and O–H groups in total. The third-order valence-corrected chi connectivity index (χ3v) is 3.46. The molecule has 1 aliphatic heterocycles. The third kappa shape index (κ3) is 2.50. The summed E-state index contributed by atoms with van der Waals surface area (Å²) < 4.78 is 11.4. The maximum Gasteiger partial charge on any atom is 0.192 e. The standard InChI is InChI=1S/C14H20O3/c1-3-4-5-6-13-11(2)7-8-14(13)16-9-12(15)10-17-14/h4-5H,3,6-10H2,1-2H3/b5-4-. The quantitative estimate of drug-likeness (QED) is 0.707. The first-order valence-corrected chi connectivity index (χ1v) is 6.31. The first-order chi connectivity index (χ1) is 8.18. The molecule has 0 aromatic heterocycles. The minimum absolute atomic E-state index is 0.0311. The Morgan fingerprint density at radius 1 is 1.29 bits per heavy atom. The fourth-order valence-corrected chi connectivity index (χ4v) is 2.47. The lowest BCUT2D eigenvalue weighted by atomic mass is 10.0. The highest BCUT2D eigenvalue weighted by atomic mass is 16.7. The van der Waals surface area contributed by atoms with Crippen molar-refractivity contribution in [2.45, 2.75) is 45.3 Å². The number of allylic oxidation sites excluding steroid dienone is 3. The Balaban J connectivity index is 2.12. The predicted octanol–water partition coefficient (Wildman–Crippen LogP) is 2.77. The van der Waals surface area contributed by atoms with Crippen molar-refractivity contribution >= 4 is 5.78 Å². The second-order valence-electron chi connectivity index (χ2n) is 4.71. The van der Waals surface area contributed by atoms with Crippen LogP contribution in [0.4, 0.5) is 0 Å². The highest BCUT2D eigenvalue weighted by Crippen LogP contribution is 2.42. The summed E-state index contributed by atoms with van der Waals surface area (Å²) in [6, 6.07) is 0. The molecule has 1 spiro atoms. The van der Waals surface area contributed by atoms with Crippen LogP contribution >= 0.6 is 0 Å². The lowest BCUT2D eigenvalue weighted by Crippen LogP contribution is -2.44. The van der Waals surface area contributed by atoms with E-state index in [1.165, 1.54) is 11.1 Å². The number of rotatable bonds is 3. The SMILES string of the molecule is CC/C=C\CC1=C(C)CCC12OCC(=O)CO2. The van der Waals surface area contributed by atoms with Crippen molar-refractivity contribution < 1.29 is 14.3 Å². The summed E-state index contributed by atoms with van der Waals surface area (Å²) in [5.41, 5.74) is 2.56. The van der Waals surface area contributed by atoms with Crippen molar-refractivity contribution in [1.29, 1.82) is 0 Å². The van der Waals surface area contributed by atoms with Crippen LogP contribution in [0.15, 0.2) is 23.3 Å². The normalized spacial score (nSPS) is 24.2. The first-order valence-electron chi connectivity index (χ1n) is 6.31. The zero-order chi connectivity index (χ0) is 12.3. The van der Waals surface area contributed by atoms with E-state index < -0.39 is 5.79 Å². The van der Waals surface area contributed by atoms with E-state index in [4.69, 9.17) is 9.47 Å². The van der Waals surface area contributed by atoms with Crippen LogP contribution < -0.4 is 0 Å². The van der Waals surface area contributed by atoms with E-state index >= 15 is 0 Å². The van der Waals surface area contributed by atoms with Crippen LogP contribution in [0.2, 0.25) is 0 Å². The van der Waals surface area contributed by atoms with Gasteiger partial charge in [-0.1, -0.05) is 24.6 Å². The van der Waals surface area contributed by atoms with E-state index in [0.717, 1.165) is 25.7 Å². The summed E-state index contributed by atoms with van der Waals surface area (Å²) in [6.07, 6.45) is 8.08. The Labute approximate surface area is 102 Å². The van der Waals surface area contributed by atoms with Crippen molar-refractivity contribution in [2.24, 2.45) is 0 Å². The molecule has 0 radical (unpaired) electrons. The predicted molar refractivity (Wildman–Crippen MR) is 65.6 cm³/mol. The topological polar surface area (TPSA) is 35.5 Å². The molecule has 2 rings (SSSR count). The van der Waals surface area contributed by atoms with E-state index in [2.05, 4.69) is 26.0 Å². The van der Waals surface area contributed by atoms with Crippen molar-refractivity contribution in [3.63, 3.8) is 0 Å². The molecule has 1 saturated heterocycles. The molecule has 0 unspecified atom stereocenters. The maximum atomic E-state index is 11.2. The average molecular weight is 236 g/mol. The molecule has 17 heavy (non-hydrogen) atoms. The monoisotopic (exact) mass is 236 g/mol. The Morgan fingerprint density at radius 3 is 2.65 bits per heavy atom. The summed E-state index contributed by atoms with van der Waals surface area (Å²) in [7, 11) is 0. The number of hydrogen-bond acceptors (Lipinski definition) is 3. The number of carbonyl (C=O) groups is 1. The lowest BCUT2D eigenvalue weighted by Gasteiger charge is -2.35. The number of carbonyl (C=O) groups excluding carboxylic acids is 1. The molecule has 2 aliphatic rings. The van der Waals surface area contributed by atoms with Crippen LogP contribution in [0.5, 0.6) is 0 Å². The second-order valence-corrected chi connectivity index (χ2v) is 4.71. The molecule has 0 bridgehead atoms. The molecular formula is C14H20O3. The van der Waals surface area contributed by atoms with E-state index in [9.17, 15) is 4.79 Å². The van der Waals surface area contributed by atoms with Gasteiger partial charge >= 0.3 is 0 Å². The van der Waals surface area contributed by atoms with Crippen molar-refractivity contribution in [1.82, 2.24) is 0 Å². The number of ketones is 1. The molecule has 0 atom stereocenters. The van der Waals surface area contributed by atoms with Gasteiger partial charge in [-0.05, 0) is 31.8 Å². The van der Waals surface area contributed by atoms with E-state index in [1.54, 1.807) is 0 Å². The summed E-state index contributed by atoms with van der Waals surface area (Å²) in [4.78, 5) is 11.2. The fraction of sp³-hybridized carbons (Fsp3) is 0.643. The molecule has 3 heteroatoms. The molecule has 0 saturated carbocycles. The van der Waals surface area contributed by atoms with Crippen LogP contribution in [0.25, 0.3) is 0 Å². The molecule has 1 heterocycles. The van der Waals surface area contributed by atoms with Gasteiger partial charge in [-0.3, -0.25) is 4.79 Å². The highest BCUT2D eigenvalue weighted by molar-refractivity contribution is 5.81. The third-order valence-electron chi connectivity index (χ3n) is 3.46. The zero-order valence-corrected chi connectivity index (χ0v) is 10.6. The van der Waals surface area contributed by atoms with Crippen LogP contribution in [0.1, 0.15) is 39.5 Å². The Bertz CT molecular complexity index is 356. The average Bonchev–Trinajstić information content (AvgIpc) is 2.63. The Hall–Kier alpha value is -0.930. The smallest absolute Gasteiger partial charge is 0.192 e. The van der Waals surface area contributed by atoms with Crippen molar-refractivity contribution in [3.8, 4) is 0 Å². The number of ether oxygens (including phenoxy) is 2. The van der Waals surface area contributed by atoms with E-state index in [1.807, 2.05) is 0 Å². The summed E-state index contributed by atoms with van der Waals surface area (Å²) in [5.74, 6) is -0.570. The molecule has 94 valence electrons. The van der Waals surface area contributed by atoms with Crippen LogP contribution in [-0.4, -0.2) is 24.8 Å². The van der Waals surface area contributed by atoms with Gasteiger partial charge in [0.25, 0.3) is 0 Å². The van der Waals surface area contributed by atoms with Gasteiger partial charge < -0.3 is 9.47 Å².